The van der Waals surface area contributed by atoms with Crippen LogP contribution in [0.2, 0.25) is 5.02 Å². The van der Waals surface area contributed by atoms with Crippen molar-refractivity contribution in [3.05, 3.63) is 41.7 Å². The van der Waals surface area contributed by atoms with Crippen LogP contribution in [0.4, 0.5) is 4.79 Å². The second-order valence-electron chi connectivity index (χ2n) is 5.12. The van der Waals surface area contributed by atoms with E-state index in [1.165, 1.54) is 0 Å². The molecule has 1 amide bonds. The highest BCUT2D eigenvalue weighted by Crippen LogP contribution is 2.19. The van der Waals surface area contributed by atoms with Gasteiger partial charge in [0.2, 0.25) is 0 Å². The van der Waals surface area contributed by atoms with Gasteiger partial charge in [-0.15, -0.1) is 6.58 Å². The molecule has 104 valence electrons. The van der Waals surface area contributed by atoms with Gasteiger partial charge in [0, 0.05) is 11.2 Å². The summed E-state index contributed by atoms with van der Waals surface area (Å²) in [5, 5.41) is 3.34. The third-order valence-corrected chi connectivity index (χ3v) is 2.43. The molecule has 0 aliphatic heterocycles. The molecule has 1 heterocycles. The molecule has 0 aromatic carbocycles. The molecule has 1 aromatic heterocycles. The summed E-state index contributed by atoms with van der Waals surface area (Å²) < 4.78 is 5.22. The number of amides is 1. The number of carbonyl (C=O) groups excluding carboxylic acids is 1. The van der Waals surface area contributed by atoms with Gasteiger partial charge >= 0.3 is 6.09 Å². The van der Waals surface area contributed by atoms with E-state index in [1.807, 2.05) is 20.8 Å². The van der Waals surface area contributed by atoms with Gasteiger partial charge in [-0.05, 0) is 39.3 Å². The van der Waals surface area contributed by atoms with Gasteiger partial charge < -0.3 is 10.1 Å². The number of rotatable bonds is 4. The SMILES string of the molecule is C=CC[C@@H](NC(=O)OC(C)(C)C)c1cc(Cl)ccn1. The van der Waals surface area contributed by atoms with Crippen LogP contribution in [0.5, 0.6) is 0 Å². The number of hydrogen-bond donors (Lipinski definition) is 1. The molecule has 0 radical (unpaired) electrons. The van der Waals surface area contributed by atoms with E-state index < -0.39 is 11.7 Å². The first-order valence-electron chi connectivity index (χ1n) is 6.03. The lowest BCUT2D eigenvalue weighted by atomic mass is 10.1. The number of nitrogens with one attached hydrogen (secondary N) is 1. The smallest absolute Gasteiger partial charge is 0.408 e. The van der Waals surface area contributed by atoms with E-state index in [4.69, 9.17) is 16.3 Å². The zero-order valence-corrected chi connectivity index (χ0v) is 12.2. The highest BCUT2D eigenvalue weighted by atomic mass is 35.5. The lowest BCUT2D eigenvalue weighted by Gasteiger charge is -2.23. The van der Waals surface area contributed by atoms with Crippen molar-refractivity contribution in [2.75, 3.05) is 0 Å². The molecule has 0 saturated heterocycles. The second-order valence-corrected chi connectivity index (χ2v) is 5.56. The van der Waals surface area contributed by atoms with Crippen LogP contribution < -0.4 is 5.32 Å². The number of hydrogen-bond acceptors (Lipinski definition) is 3. The van der Waals surface area contributed by atoms with E-state index in [0.29, 0.717) is 17.1 Å². The lowest BCUT2D eigenvalue weighted by molar-refractivity contribution is 0.0503. The molecule has 0 bridgehead atoms. The largest absolute Gasteiger partial charge is 0.444 e. The van der Waals surface area contributed by atoms with Crippen LogP contribution in [-0.2, 0) is 4.74 Å². The van der Waals surface area contributed by atoms with Gasteiger partial charge in [0.05, 0.1) is 11.7 Å². The first-order valence-corrected chi connectivity index (χ1v) is 6.41. The number of halogens is 1. The van der Waals surface area contributed by atoms with Crippen LogP contribution in [0, 0.1) is 0 Å². The van der Waals surface area contributed by atoms with Gasteiger partial charge in [0.15, 0.2) is 0 Å². The molecule has 1 N–H and O–H groups in total. The van der Waals surface area contributed by atoms with E-state index in [2.05, 4.69) is 16.9 Å². The predicted octanol–water partition coefficient (Wildman–Crippen LogP) is 3.88. The van der Waals surface area contributed by atoms with Crippen LogP contribution >= 0.6 is 11.6 Å². The number of pyridine rings is 1. The minimum Gasteiger partial charge on any atom is -0.444 e. The highest BCUT2D eigenvalue weighted by Gasteiger charge is 2.20. The van der Waals surface area contributed by atoms with E-state index >= 15 is 0 Å². The fourth-order valence-corrected chi connectivity index (χ4v) is 1.65. The van der Waals surface area contributed by atoms with E-state index in [1.54, 1.807) is 24.4 Å². The standard InChI is InChI=1S/C14H19ClN2O2/c1-5-6-11(12-9-10(15)7-8-16-12)17-13(18)19-14(2,3)4/h5,7-9,11H,1,6H2,2-4H3,(H,17,18)/t11-/m1/s1. The van der Waals surface area contributed by atoms with Crippen molar-refractivity contribution in [1.29, 1.82) is 0 Å². The summed E-state index contributed by atoms with van der Waals surface area (Å²) >= 11 is 5.92. The average Bonchev–Trinajstić information content (AvgIpc) is 2.26. The van der Waals surface area contributed by atoms with Crippen molar-refractivity contribution >= 4 is 17.7 Å². The van der Waals surface area contributed by atoms with Crippen molar-refractivity contribution in [3.63, 3.8) is 0 Å². The van der Waals surface area contributed by atoms with Crippen LogP contribution in [0.3, 0.4) is 0 Å². The maximum Gasteiger partial charge on any atom is 0.408 e. The lowest BCUT2D eigenvalue weighted by Crippen LogP contribution is -2.35. The fourth-order valence-electron chi connectivity index (χ4n) is 1.48. The zero-order chi connectivity index (χ0) is 14.5. The van der Waals surface area contributed by atoms with Crippen molar-refractivity contribution < 1.29 is 9.53 Å². The molecule has 19 heavy (non-hydrogen) atoms. The monoisotopic (exact) mass is 282 g/mol. The summed E-state index contributed by atoms with van der Waals surface area (Å²) in [6.07, 6.45) is 3.38. The van der Waals surface area contributed by atoms with Gasteiger partial charge in [0.1, 0.15) is 5.60 Å². The number of aromatic nitrogens is 1. The third kappa shape index (κ3) is 5.75. The second kappa shape index (κ2) is 6.57. The van der Waals surface area contributed by atoms with Gasteiger partial charge in [-0.3, -0.25) is 4.98 Å². The molecule has 1 rings (SSSR count). The number of nitrogens with zero attached hydrogens (tertiary/aromatic N) is 1. The van der Waals surface area contributed by atoms with Crippen LogP contribution in [0.15, 0.2) is 31.0 Å². The molecule has 0 spiro atoms. The molecule has 0 aliphatic carbocycles. The maximum atomic E-state index is 11.8. The minimum absolute atomic E-state index is 0.300. The zero-order valence-electron chi connectivity index (χ0n) is 11.4. The summed E-state index contributed by atoms with van der Waals surface area (Å²) in [5.74, 6) is 0. The molecule has 0 fully saturated rings. The van der Waals surface area contributed by atoms with E-state index in [-0.39, 0.29) is 6.04 Å². The van der Waals surface area contributed by atoms with E-state index in [9.17, 15) is 4.79 Å². The maximum absolute atomic E-state index is 11.8. The Hall–Kier alpha value is -1.55. The summed E-state index contributed by atoms with van der Waals surface area (Å²) in [5.41, 5.74) is 0.142. The number of carbonyl (C=O) groups is 1. The predicted molar refractivity (Wildman–Crippen MR) is 76.2 cm³/mol. The molecule has 1 atom stereocenters. The molecule has 0 aliphatic rings. The first-order chi connectivity index (χ1) is 8.81. The van der Waals surface area contributed by atoms with Gasteiger partial charge in [-0.1, -0.05) is 17.7 Å². The molecule has 1 aromatic rings. The summed E-state index contributed by atoms with van der Waals surface area (Å²) in [6.45, 7) is 9.11. The number of alkyl carbamates (subject to hydrolysis) is 1. The van der Waals surface area contributed by atoms with Crippen LogP contribution in [-0.4, -0.2) is 16.7 Å². The summed E-state index contributed by atoms with van der Waals surface area (Å²) in [7, 11) is 0. The van der Waals surface area contributed by atoms with Crippen molar-refractivity contribution in [1.82, 2.24) is 10.3 Å². The molecular weight excluding hydrogens is 264 g/mol. The summed E-state index contributed by atoms with van der Waals surface area (Å²) in [4.78, 5) is 16.0. The van der Waals surface area contributed by atoms with Crippen molar-refractivity contribution in [2.24, 2.45) is 0 Å². The quantitative estimate of drug-likeness (QED) is 0.853. The molecule has 0 unspecified atom stereocenters. The molecule has 4 nitrogen and oxygen atoms in total. The van der Waals surface area contributed by atoms with Crippen LogP contribution in [0.1, 0.15) is 38.9 Å². The average molecular weight is 283 g/mol. The third-order valence-electron chi connectivity index (χ3n) is 2.19. The number of ether oxygens (including phenoxy) is 1. The Morgan fingerprint density at radius 2 is 2.32 bits per heavy atom. The normalized spacial score (nSPS) is 12.6. The van der Waals surface area contributed by atoms with Gasteiger partial charge in [-0.2, -0.15) is 0 Å². The Labute approximate surface area is 118 Å². The highest BCUT2D eigenvalue weighted by molar-refractivity contribution is 6.30. The molecular formula is C14H19ClN2O2. The van der Waals surface area contributed by atoms with Gasteiger partial charge in [0.25, 0.3) is 0 Å². The Kier molecular flexibility index (Phi) is 5.36. The summed E-state index contributed by atoms with van der Waals surface area (Å²) in [6, 6.07) is 3.10. The molecule has 5 heteroatoms. The molecule has 0 saturated carbocycles. The first kappa shape index (κ1) is 15.5. The fraction of sp³-hybridized carbons (Fsp3) is 0.429. The topological polar surface area (TPSA) is 51.2 Å². The Morgan fingerprint density at radius 1 is 1.63 bits per heavy atom. The van der Waals surface area contributed by atoms with Gasteiger partial charge in [-0.25, -0.2) is 4.79 Å². The minimum atomic E-state index is -0.537. The van der Waals surface area contributed by atoms with E-state index in [0.717, 1.165) is 0 Å². The van der Waals surface area contributed by atoms with Crippen molar-refractivity contribution in [3.8, 4) is 0 Å². The Morgan fingerprint density at radius 3 is 2.84 bits per heavy atom. The van der Waals surface area contributed by atoms with Crippen molar-refractivity contribution in [2.45, 2.75) is 38.8 Å². The van der Waals surface area contributed by atoms with Crippen LogP contribution in [0.25, 0.3) is 0 Å². The Balaban J connectivity index is 2.78. The Bertz CT molecular complexity index is 455.